The maximum atomic E-state index is 9.27. The summed E-state index contributed by atoms with van der Waals surface area (Å²) in [7, 11) is 0. The van der Waals surface area contributed by atoms with Gasteiger partial charge in [-0.25, -0.2) is 0 Å². The van der Waals surface area contributed by atoms with Crippen molar-refractivity contribution in [2.24, 2.45) is 0 Å². The van der Waals surface area contributed by atoms with Gasteiger partial charge >= 0.3 is 0 Å². The van der Waals surface area contributed by atoms with E-state index in [9.17, 15) is 5.11 Å². The van der Waals surface area contributed by atoms with Crippen molar-refractivity contribution in [3.05, 3.63) is 24.3 Å². The number of hydrogen-bond acceptors (Lipinski definition) is 3. The maximum Gasteiger partial charge on any atom is 0.0661 e. The molecule has 3 heteroatoms. The first kappa shape index (κ1) is 9.34. The van der Waals surface area contributed by atoms with Gasteiger partial charge in [-0.05, 0) is 37.5 Å². The van der Waals surface area contributed by atoms with Crippen LogP contribution < -0.4 is 11.1 Å². The highest BCUT2D eigenvalue weighted by Gasteiger charge is 2.35. The van der Waals surface area contributed by atoms with Crippen molar-refractivity contribution >= 4 is 11.4 Å². The van der Waals surface area contributed by atoms with E-state index in [-0.39, 0.29) is 12.1 Å². The topological polar surface area (TPSA) is 58.3 Å². The van der Waals surface area contributed by atoms with Crippen LogP contribution in [0, 0.1) is 0 Å². The van der Waals surface area contributed by atoms with E-state index >= 15 is 0 Å². The molecule has 1 aliphatic rings. The molecule has 1 saturated carbocycles. The number of aliphatic hydroxyl groups is 1. The highest BCUT2D eigenvalue weighted by Crippen LogP contribution is 2.34. The summed E-state index contributed by atoms with van der Waals surface area (Å²) in [6, 6.07) is 7.65. The molecule has 1 fully saturated rings. The van der Waals surface area contributed by atoms with E-state index in [1.807, 2.05) is 24.3 Å². The van der Waals surface area contributed by atoms with Crippen LogP contribution in [0.3, 0.4) is 0 Å². The van der Waals surface area contributed by atoms with Crippen molar-refractivity contribution in [1.29, 1.82) is 0 Å². The quantitative estimate of drug-likeness (QED) is 0.637. The molecule has 0 heterocycles. The van der Waals surface area contributed by atoms with E-state index in [0.717, 1.165) is 24.2 Å². The second-order valence-electron chi connectivity index (χ2n) is 4.04. The van der Waals surface area contributed by atoms with Gasteiger partial charge in [0.2, 0.25) is 0 Å². The zero-order chi connectivity index (χ0) is 10.0. The van der Waals surface area contributed by atoms with Crippen molar-refractivity contribution in [2.75, 3.05) is 17.7 Å². The highest BCUT2D eigenvalue weighted by atomic mass is 16.3. The van der Waals surface area contributed by atoms with Crippen LogP contribution >= 0.6 is 0 Å². The molecule has 0 unspecified atom stereocenters. The van der Waals surface area contributed by atoms with Gasteiger partial charge < -0.3 is 16.2 Å². The summed E-state index contributed by atoms with van der Waals surface area (Å²) in [6.45, 7) is 0.196. The fourth-order valence-electron chi connectivity index (χ4n) is 1.85. The Morgan fingerprint density at radius 2 is 2.21 bits per heavy atom. The average Bonchev–Trinajstić information content (AvgIpc) is 2.11. The number of nitrogens with one attached hydrogen (secondary N) is 1. The summed E-state index contributed by atoms with van der Waals surface area (Å²) >= 11 is 0. The van der Waals surface area contributed by atoms with Crippen molar-refractivity contribution in [3.63, 3.8) is 0 Å². The molecule has 2 rings (SSSR count). The number of nitrogen functional groups attached to an aromatic ring is 1. The molecular formula is C11H16N2O. The van der Waals surface area contributed by atoms with Crippen LogP contribution in [-0.4, -0.2) is 17.3 Å². The van der Waals surface area contributed by atoms with Gasteiger partial charge in [0.1, 0.15) is 0 Å². The minimum Gasteiger partial charge on any atom is -0.399 e. The molecule has 1 aliphatic carbocycles. The van der Waals surface area contributed by atoms with Gasteiger partial charge in [0.05, 0.1) is 12.1 Å². The Morgan fingerprint density at radius 1 is 1.43 bits per heavy atom. The minimum absolute atomic E-state index is 0.0895. The Morgan fingerprint density at radius 3 is 2.71 bits per heavy atom. The normalized spacial score (nSPS) is 18.6. The van der Waals surface area contributed by atoms with Gasteiger partial charge in [-0.2, -0.15) is 0 Å². The zero-order valence-electron chi connectivity index (χ0n) is 8.16. The third-order valence-corrected chi connectivity index (χ3v) is 2.91. The first-order chi connectivity index (χ1) is 6.74. The number of nitrogens with two attached hydrogens (primary N) is 1. The summed E-state index contributed by atoms with van der Waals surface area (Å²) in [6.07, 6.45) is 3.27. The number of rotatable bonds is 3. The third-order valence-electron chi connectivity index (χ3n) is 2.91. The molecule has 0 bridgehead atoms. The predicted molar refractivity (Wildman–Crippen MR) is 58.1 cm³/mol. The van der Waals surface area contributed by atoms with Crippen molar-refractivity contribution < 1.29 is 5.11 Å². The van der Waals surface area contributed by atoms with Gasteiger partial charge in [-0.15, -0.1) is 0 Å². The highest BCUT2D eigenvalue weighted by molar-refractivity contribution is 5.55. The maximum absolute atomic E-state index is 9.27. The standard InChI is InChI=1S/C11H16N2O/c12-9-3-1-4-10(7-9)13-11(8-14)5-2-6-11/h1,3-4,7,13-14H,2,5-6,8,12H2. The molecule has 1 aromatic rings. The largest absolute Gasteiger partial charge is 0.399 e. The second kappa shape index (κ2) is 3.50. The second-order valence-corrected chi connectivity index (χ2v) is 4.04. The fourth-order valence-corrected chi connectivity index (χ4v) is 1.85. The third kappa shape index (κ3) is 1.68. The minimum atomic E-state index is -0.0895. The molecule has 1 aromatic carbocycles. The number of hydrogen-bond donors (Lipinski definition) is 3. The first-order valence-corrected chi connectivity index (χ1v) is 4.99. The van der Waals surface area contributed by atoms with Gasteiger partial charge in [0.25, 0.3) is 0 Å². The molecular weight excluding hydrogens is 176 g/mol. The Balaban J connectivity index is 2.09. The zero-order valence-corrected chi connectivity index (χ0v) is 8.16. The molecule has 0 aliphatic heterocycles. The average molecular weight is 192 g/mol. The first-order valence-electron chi connectivity index (χ1n) is 4.99. The van der Waals surface area contributed by atoms with E-state index in [1.165, 1.54) is 6.42 Å². The number of anilines is 2. The molecule has 0 radical (unpaired) electrons. The van der Waals surface area contributed by atoms with Crippen LogP contribution in [-0.2, 0) is 0 Å². The summed E-state index contributed by atoms with van der Waals surface area (Å²) in [5, 5.41) is 12.6. The monoisotopic (exact) mass is 192 g/mol. The van der Waals surface area contributed by atoms with Crippen LogP contribution in [0.25, 0.3) is 0 Å². The van der Waals surface area contributed by atoms with Gasteiger partial charge in [0.15, 0.2) is 0 Å². The van der Waals surface area contributed by atoms with Crippen LogP contribution in [0.1, 0.15) is 19.3 Å². The molecule has 76 valence electrons. The Hall–Kier alpha value is -1.22. The van der Waals surface area contributed by atoms with Gasteiger partial charge in [-0.1, -0.05) is 6.07 Å². The molecule has 4 N–H and O–H groups in total. The van der Waals surface area contributed by atoms with E-state index in [4.69, 9.17) is 5.73 Å². The van der Waals surface area contributed by atoms with Crippen LogP contribution in [0.4, 0.5) is 11.4 Å². The lowest BCUT2D eigenvalue weighted by atomic mass is 9.77. The Kier molecular flexibility index (Phi) is 2.33. The SMILES string of the molecule is Nc1cccc(NC2(CO)CCC2)c1. The molecule has 0 amide bonds. The van der Waals surface area contributed by atoms with Crippen LogP contribution in [0.5, 0.6) is 0 Å². The van der Waals surface area contributed by atoms with Crippen LogP contribution in [0.15, 0.2) is 24.3 Å². The smallest absolute Gasteiger partial charge is 0.0661 e. The van der Waals surface area contributed by atoms with E-state index in [1.54, 1.807) is 0 Å². The molecule has 0 atom stereocenters. The van der Waals surface area contributed by atoms with E-state index < -0.39 is 0 Å². The molecule has 0 aromatic heterocycles. The summed E-state index contributed by atoms with van der Waals surface area (Å²) in [4.78, 5) is 0. The summed E-state index contributed by atoms with van der Waals surface area (Å²) < 4.78 is 0. The number of aliphatic hydroxyl groups excluding tert-OH is 1. The molecule has 3 nitrogen and oxygen atoms in total. The molecule has 14 heavy (non-hydrogen) atoms. The van der Waals surface area contributed by atoms with E-state index in [0.29, 0.717) is 0 Å². The Labute approximate surface area is 83.9 Å². The lowest BCUT2D eigenvalue weighted by molar-refractivity contribution is 0.144. The predicted octanol–water partition coefficient (Wildman–Crippen LogP) is 1.60. The number of benzene rings is 1. The van der Waals surface area contributed by atoms with Crippen molar-refractivity contribution in [3.8, 4) is 0 Å². The van der Waals surface area contributed by atoms with E-state index in [2.05, 4.69) is 5.32 Å². The van der Waals surface area contributed by atoms with Gasteiger partial charge in [-0.3, -0.25) is 0 Å². The lowest BCUT2D eigenvalue weighted by Gasteiger charge is -2.41. The van der Waals surface area contributed by atoms with Gasteiger partial charge in [0, 0.05) is 11.4 Å². The summed E-state index contributed by atoms with van der Waals surface area (Å²) in [5.41, 5.74) is 7.34. The van der Waals surface area contributed by atoms with Crippen molar-refractivity contribution in [2.45, 2.75) is 24.8 Å². The Bertz CT molecular complexity index is 315. The van der Waals surface area contributed by atoms with Crippen LogP contribution in [0.2, 0.25) is 0 Å². The lowest BCUT2D eigenvalue weighted by Crippen LogP contribution is -2.48. The fraction of sp³-hybridized carbons (Fsp3) is 0.455. The molecule has 0 saturated heterocycles. The van der Waals surface area contributed by atoms with Crippen molar-refractivity contribution in [1.82, 2.24) is 0 Å². The summed E-state index contributed by atoms with van der Waals surface area (Å²) in [5.74, 6) is 0. The molecule has 0 spiro atoms.